The monoisotopic (exact) mass is 339 g/mol. The van der Waals surface area contributed by atoms with E-state index in [4.69, 9.17) is 11.6 Å². The number of amides is 1. The van der Waals surface area contributed by atoms with Gasteiger partial charge in [-0.2, -0.15) is 0 Å². The average Bonchev–Trinajstić information content (AvgIpc) is 3.15. The van der Waals surface area contributed by atoms with Gasteiger partial charge in [0, 0.05) is 19.3 Å². The Morgan fingerprint density at radius 1 is 1.12 bits per heavy atom. The lowest BCUT2D eigenvalue weighted by atomic mass is 9.99. The molecule has 0 saturated heterocycles. The van der Waals surface area contributed by atoms with Crippen LogP contribution in [0.25, 0.3) is 5.82 Å². The van der Waals surface area contributed by atoms with Crippen LogP contribution >= 0.6 is 11.6 Å². The largest absolute Gasteiger partial charge is 0.334 e. The standard InChI is InChI=1S/C17H14ClN5O/c18-15-7-14(8-19-16(15)23-10-20-21-11-23)17(24)22-6-5-12-3-1-2-4-13(12)9-22/h1-4,7-8,10-11H,5-6,9H2. The highest BCUT2D eigenvalue weighted by atomic mass is 35.5. The lowest BCUT2D eigenvalue weighted by Gasteiger charge is -2.29. The summed E-state index contributed by atoms with van der Waals surface area (Å²) < 4.78 is 1.60. The molecule has 0 radical (unpaired) electrons. The zero-order chi connectivity index (χ0) is 16.5. The van der Waals surface area contributed by atoms with Gasteiger partial charge in [0.25, 0.3) is 5.91 Å². The van der Waals surface area contributed by atoms with Crippen molar-refractivity contribution in [2.75, 3.05) is 6.54 Å². The van der Waals surface area contributed by atoms with Gasteiger partial charge in [-0.1, -0.05) is 35.9 Å². The van der Waals surface area contributed by atoms with Crippen molar-refractivity contribution in [3.8, 4) is 5.82 Å². The summed E-state index contributed by atoms with van der Waals surface area (Å²) in [5.74, 6) is 0.441. The van der Waals surface area contributed by atoms with Crippen molar-refractivity contribution in [1.29, 1.82) is 0 Å². The zero-order valence-corrected chi connectivity index (χ0v) is 13.5. The van der Waals surface area contributed by atoms with Crippen molar-refractivity contribution < 1.29 is 4.79 Å². The normalized spacial score (nSPS) is 13.6. The summed E-state index contributed by atoms with van der Waals surface area (Å²) >= 11 is 6.28. The van der Waals surface area contributed by atoms with Crippen LogP contribution in [0.5, 0.6) is 0 Å². The highest BCUT2D eigenvalue weighted by Crippen LogP contribution is 2.23. The third-order valence-corrected chi connectivity index (χ3v) is 4.43. The first-order valence-corrected chi connectivity index (χ1v) is 7.97. The minimum Gasteiger partial charge on any atom is -0.334 e. The Labute approximate surface area is 143 Å². The fourth-order valence-electron chi connectivity index (χ4n) is 2.90. The van der Waals surface area contributed by atoms with E-state index >= 15 is 0 Å². The van der Waals surface area contributed by atoms with E-state index in [-0.39, 0.29) is 5.91 Å². The molecule has 1 aliphatic rings. The smallest absolute Gasteiger partial charge is 0.255 e. The molecule has 7 heteroatoms. The van der Waals surface area contributed by atoms with Crippen LogP contribution in [0.15, 0.2) is 49.2 Å². The quantitative estimate of drug-likeness (QED) is 0.719. The Hall–Kier alpha value is -2.73. The first-order valence-electron chi connectivity index (χ1n) is 7.59. The van der Waals surface area contributed by atoms with Crippen LogP contribution in [-0.2, 0) is 13.0 Å². The summed E-state index contributed by atoms with van der Waals surface area (Å²) in [5, 5.41) is 7.85. The van der Waals surface area contributed by atoms with Crippen molar-refractivity contribution >= 4 is 17.5 Å². The third-order valence-electron chi connectivity index (χ3n) is 4.15. The number of rotatable bonds is 2. The fraction of sp³-hybridized carbons (Fsp3) is 0.176. The van der Waals surface area contributed by atoms with Gasteiger partial charge >= 0.3 is 0 Å². The number of hydrogen-bond donors (Lipinski definition) is 0. The molecule has 0 fully saturated rings. The molecule has 2 aromatic heterocycles. The second kappa shape index (κ2) is 6.05. The van der Waals surface area contributed by atoms with Crippen LogP contribution in [0.1, 0.15) is 21.5 Å². The van der Waals surface area contributed by atoms with Crippen LogP contribution < -0.4 is 0 Å². The topological polar surface area (TPSA) is 63.9 Å². The summed E-state index contributed by atoms with van der Waals surface area (Å²) in [4.78, 5) is 18.9. The van der Waals surface area contributed by atoms with Gasteiger partial charge in [0.15, 0.2) is 5.82 Å². The maximum Gasteiger partial charge on any atom is 0.255 e. The molecule has 3 aromatic rings. The molecule has 1 aliphatic heterocycles. The van der Waals surface area contributed by atoms with Crippen LogP contribution in [-0.4, -0.2) is 37.1 Å². The Morgan fingerprint density at radius 3 is 2.62 bits per heavy atom. The molecule has 1 aromatic carbocycles. The molecule has 6 nitrogen and oxygen atoms in total. The summed E-state index contributed by atoms with van der Waals surface area (Å²) in [5.41, 5.74) is 2.98. The fourth-order valence-corrected chi connectivity index (χ4v) is 3.16. The van der Waals surface area contributed by atoms with E-state index in [1.807, 2.05) is 17.0 Å². The highest BCUT2D eigenvalue weighted by Gasteiger charge is 2.22. The number of carbonyl (C=O) groups is 1. The van der Waals surface area contributed by atoms with Gasteiger partial charge in [0.1, 0.15) is 12.7 Å². The van der Waals surface area contributed by atoms with Crippen molar-refractivity contribution in [3.63, 3.8) is 0 Å². The van der Waals surface area contributed by atoms with Crippen LogP contribution in [0.4, 0.5) is 0 Å². The number of carbonyl (C=O) groups excluding carboxylic acids is 1. The second-order valence-corrected chi connectivity index (χ2v) is 6.05. The molecule has 1 amide bonds. The molecule has 0 saturated carbocycles. The predicted octanol–water partition coefficient (Wildman–Crippen LogP) is 2.51. The summed E-state index contributed by atoms with van der Waals surface area (Å²) in [7, 11) is 0. The van der Waals surface area contributed by atoms with Crippen molar-refractivity contribution in [1.82, 2.24) is 24.6 Å². The Balaban J connectivity index is 1.58. The summed E-state index contributed by atoms with van der Waals surface area (Å²) in [6.07, 6.45) is 5.43. The van der Waals surface area contributed by atoms with Gasteiger partial charge in [-0.15, -0.1) is 10.2 Å². The Morgan fingerprint density at radius 2 is 1.88 bits per heavy atom. The molecular formula is C17H14ClN5O. The van der Waals surface area contributed by atoms with Crippen molar-refractivity contribution in [2.45, 2.75) is 13.0 Å². The average molecular weight is 340 g/mol. The molecule has 120 valence electrons. The van der Waals surface area contributed by atoms with E-state index < -0.39 is 0 Å². The number of aromatic nitrogens is 4. The van der Waals surface area contributed by atoms with E-state index in [1.165, 1.54) is 23.8 Å². The van der Waals surface area contributed by atoms with E-state index in [2.05, 4.69) is 27.3 Å². The maximum absolute atomic E-state index is 12.8. The SMILES string of the molecule is O=C(c1cnc(-n2cnnc2)c(Cl)c1)N1CCc2ccccc2C1. The Kier molecular flexibility index (Phi) is 3.74. The first kappa shape index (κ1) is 14.8. The summed E-state index contributed by atoms with van der Waals surface area (Å²) in [6, 6.07) is 9.86. The molecule has 0 spiro atoms. The number of halogens is 1. The number of hydrogen-bond acceptors (Lipinski definition) is 4. The minimum absolute atomic E-state index is 0.0609. The van der Waals surface area contributed by atoms with Gasteiger partial charge in [-0.3, -0.25) is 9.36 Å². The molecule has 0 unspecified atom stereocenters. The molecule has 0 N–H and O–H groups in total. The van der Waals surface area contributed by atoms with Crippen LogP contribution in [0, 0.1) is 0 Å². The van der Waals surface area contributed by atoms with Crippen LogP contribution in [0.3, 0.4) is 0 Å². The molecule has 0 bridgehead atoms. The molecule has 3 heterocycles. The number of benzene rings is 1. The molecule has 0 aliphatic carbocycles. The number of fused-ring (bicyclic) bond motifs is 1. The van der Waals surface area contributed by atoms with E-state index in [1.54, 1.807) is 16.8 Å². The van der Waals surface area contributed by atoms with Gasteiger partial charge < -0.3 is 4.90 Å². The summed E-state index contributed by atoms with van der Waals surface area (Å²) in [6.45, 7) is 1.31. The molecule has 4 rings (SSSR count). The van der Waals surface area contributed by atoms with E-state index in [0.717, 1.165) is 6.42 Å². The highest BCUT2D eigenvalue weighted by molar-refractivity contribution is 6.32. The Bertz CT molecular complexity index is 894. The predicted molar refractivity (Wildman–Crippen MR) is 89.1 cm³/mol. The van der Waals surface area contributed by atoms with Gasteiger partial charge in [0.2, 0.25) is 0 Å². The number of nitrogens with zero attached hydrogens (tertiary/aromatic N) is 5. The third kappa shape index (κ3) is 2.65. The van der Waals surface area contributed by atoms with Gasteiger partial charge in [-0.05, 0) is 23.6 Å². The molecule has 0 atom stereocenters. The molecule has 24 heavy (non-hydrogen) atoms. The van der Waals surface area contributed by atoms with Crippen molar-refractivity contribution in [3.05, 3.63) is 70.9 Å². The van der Waals surface area contributed by atoms with E-state index in [9.17, 15) is 4.79 Å². The first-order chi connectivity index (χ1) is 11.7. The van der Waals surface area contributed by atoms with Gasteiger partial charge in [0.05, 0.1) is 10.6 Å². The zero-order valence-electron chi connectivity index (χ0n) is 12.8. The van der Waals surface area contributed by atoms with Gasteiger partial charge in [-0.25, -0.2) is 4.98 Å². The van der Waals surface area contributed by atoms with Crippen molar-refractivity contribution in [2.24, 2.45) is 0 Å². The lowest BCUT2D eigenvalue weighted by Crippen LogP contribution is -2.36. The minimum atomic E-state index is -0.0609. The maximum atomic E-state index is 12.8. The molecular weight excluding hydrogens is 326 g/mol. The van der Waals surface area contributed by atoms with Crippen LogP contribution in [0.2, 0.25) is 5.02 Å². The second-order valence-electron chi connectivity index (χ2n) is 5.64. The van der Waals surface area contributed by atoms with E-state index in [0.29, 0.717) is 29.5 Å². The number of pyridine rings is 1. The lowest BCUT2D eigenvalue weighted by molar-refractivity contribution is 0.0734.